The number of oxazole rings is 1. The van der Waals surface area contributed by atoms with Gasteiger partial charge in [-0.3, -0.25) is 14.2 Å². The highest BCUT2D eigenvalue weighted by atomic mass is 16.4. The van der Waals surface area contributed by atoms with Gasteiger partial charge < -0.3 is 14.7 Å². The number of hydrogen-bond acceptors (Lipinski definition) is 5. The summed E-state index contributed by atoms with van der Waals surface area (Å²) in [4.78, 5) is 42.9. The Morgan fingerprint density at radius 1 is 1.22 bits per heavy atom. The third kappa shape index (κ3) is 3.24. The maximum atomic E-state index is 12.2. The van der Waals surface area contributed by atoms with E-state index in [0.717, 1.165) is 0 Å². The molecular weight excluding hydrogens is 348 g/mol. The molecule has 0 bridgehead atoms. The largest absolute Gasteiger partial charge is 0.419 e. The second-order valence-electron chi connectivity index (χ2n) is 6.19. The van der Waals surface area contributed by atoms with Crippen molar-refractivity contribution in [3.05, 3.63) is 69.1 Å². The van der Waals surface area contributed by atoms with Crippen LogP contribution in [0.25, 0.3) is 22.1 Å². The maximum absolute atomic E-state index is 12.2. The van der Waals surface area contributed by atoms with Crippen LogP contribution >= 0.6 is 0 Å². The Kier molecular flexibility index (Phi) is 4.08. The van der Waals surface area contributed by atoms with Crippen molar-refractivity contribution in [3.8, 4) is 0 Å². The third-order valence-electron chi connectivity index (χ3n) is 4.33. The summed E-state index contributed by atoms with van der Waals surface area (Å²) in [5.74, 6) is -0.725. The van der Waals surface area contributed by atoms with E-state index in [-0.39, 0.29) is 24.3 Å². The molecule has 0 atom stereocenters. The van der Waals surface area contributed by atoms with Crippen molar-refractivity contribution in [3.63, 3.8) is 0 Å². The van der Waals surface area contributed by atoms with E-state index >= 15 is 0 Å². The lowest BCUT2D eigenvalue weighted by molar-refractivity contribution is -0.116. The van der Waals surface area contributed by atoms with Crippen LogP contribution in [0.3, 0.4) is 0 Å². The molecule has 8 nitrogen and oxygen atoms in total. The summed E-state index contributed by atoms with van der Waals surface area (Å²) in [7, 11) is 1.61. The number of H-pyrrole nitrogens is 1. The van der Waals surface area contributed by atoms with E-state index in [4.69, 9.17) is 4.42 Å². The van der Waals surface area contributed by atoms with Gasteiger partial charge in [-0.05, 0) is 24.3 Å². The van der Waals surface area contributed by atoms with Crippen molar-refractivity contribution in [2.45, 2.75) is 12.8 Å². The van der Waals surface area contributed by atoms with Crippen LogP contribution in [0.5, 0.6) is 0 Å². The average molecular weight is 364 g/mol. The van der Waals surface area contributed by atoms with Gasteiger partial charge in [0.25, 0.3) is 5.56 Å². The molecule has 2 N–H and O–H groups in total. The minimum atomic E-state index is -0.463. The Balaban J connectivity index is 1.48. The van der Waals surface area contributed by atoms with E-state index in [1.165, 1.54) is 4.57 Å². The summed E-state index contributed by atoms with van der Waals surface area (Å²) < 4.78 is 6.49. The molecule has 27 heavy (non-hydrogen) atoms. The number of carbonyl (C=O) groups excluding carboxylic acids is 1. The lowest BCUT2D eigenvalue weighted by Gasteiger charge is -2.05. The SMILES string of the molecule is Cn1c(=O)oc2cc(NC(=O)CCc3nc4ccccc4[nH]c3=O)ccc21. The van der Waals surface area contributed by atoms with Crippen LogP contribution in [-0.4, -0.2) is 20.4 Å². The molecule has 0 saturated carbocycles. The van der Waals surface area contributed by atoms with E-state index in [9.17, 15) is 14.4 Å². The number of nitrogens with one attached hydrogen (secondary N) is 2. The van der Waals surface area contributed by atoms with Gasteiger partial charge in [0.1, 0.15) is 5.69 Å². The number of rotatable bonds is 4. The molecule has 2 aromatic carbocycles. The van der Waals surface area contributed by atoms with Gasteiger partial charge in [-0.1, -0.05) is 12.1 Å². The highest BCUT2D eigenvalue weighted by Crippen LogP contribution is 2.18. The molecule has 0 aliphatic rings. The van der Waals surface area contributed by atoms with Crippen LogP contribution in [0.1, 0.15) is 12.1 Å². The molecule has 0 radical (unpaired) electrons. The number of fused-ring (bicyclic) bond motifs is 2. The van der Waals surface area contributed by atoms with Gasteiger partial charge in [-0.25, -0.2) is 9.78 Å². The topological polar surface area (TPSA) is 110 Å². The van der Waals surface area contributed by atoms with Crippen molar-refractivity contribution in [2.24, 2.45) is 7.05 Å². The van der Waals surface area contributed by atoms with Crippen LogP contribution in [-0.2, 0) is 18.3 Å². The number of carbonyl (C=O) groups is 1. The van der Waals surface area contributed by atoms with Gasteiger partial charge in [0.05, 0.1) is 16.6 Å². The summed E-state index contributed by atoms with van der Waals surface area (Å²) in [5, 5.41) is 2.74. The summed E-state index contributed by atoms with van der Waals surface area (Å²) in [6.07, 6.45) is 0.319. The predicted molar refractivity (Wildman–Crippen MR) is 101 cm³/mol. The first-order chi connectivity index (χ1) is 13.0. The molecule has 2 aromatic heterocycles. The number of anilines is 1. The number of para-hydroxylation sites is 2. The second kappa shape index (κ2) is 6.56. The van der Waals surface area contributed by atoms with Crippen molar-refractivity contribution in [1.82, 2.24) is 14.5 Å². The molecule has 0 fully saturated rings. The molecule has 0 spiro atoms. The van der Waals surface area contributed by atoms with Crippen molar-refractivity contribution >= 4 is 33.7 Å². The van der Waals surface area contributed by atoms with E-state index in [0.29, 0.717) is 33.5 Å². The van der Waals surface area contributed by atoms with Crippen LogP contribution in [0.15, 0.2) is 56.5 Å². The van der Waals surface area contributed by atoms with Crippen molar-refractivity contribution in [1.29, 1.82) is 0 Å². The van der Waals surface area contributed by atoms with E-state index in [1.54, 1.807) is 37.4 Å². The highest BCUT2D eigenvalue weighted by Gasteiger charge is 2.11. The molecule has 0 aliphatic carbocycles. The van der Waals surface area contributed by atoms with Gasteiger partial charge in [-0.15, -0.1) is 0 Å². The van der Waals surface area contributed by atoms with Crippen molar-refractivity contribution < 1.29 is 9.21 Å². The molecule has 0 aliphatic heterocycles. The van der Waals surface area contributed by atoms with Gasteiger partial charge in [0.2, 0.25) is 5.91 Å². The number of hydrogen-bond donors (Lipinski definition) is 2. The summed E-state index contributed by atoms with van der Waals surface area (Å²) >= 11 is 0. The number of nitrogens with zero attached hydrogens (tertiary/aromatic N) is 2. The molecule has 0 unspecified atom stereocenters. The lowest BCUT2D eigenvalue weighted by Crippen LogP contribution is -2.19. The zero-order valence-corrected chi connectivity index (χ0v) is 14.5. The number of benzene rings is 2. The first kappa shape index (κ1) is 16.8. The summed E-state index contributed by atoms with van der Waals surface area (Å²) in [5.41, 5.74) is 2.91. The van der Waals surface area contributed by atoms with E-state index < -0.39 is 5.76 Å². The number of aromatic amines is 1. The molecule has 2 heterocycles. The molecule has 136 valence electrons. The minimum absolute atomic E-state index is 0.102. The van der Waals surface area contributed by atoms with Gasteiger partial charge in [0.15, 0.2) is 5.58 Å². The number of amides is 1. The first-order valence-electron chi connectivity index (χ1n) is 8.38. The average Bonchev–Trinajstić information content (AvgIpc) is 2.93. The van der Waals surface area contributed by atoms with Crippen LogP contribution in [0, 0.1) is 0 Å². The molecular formula is C19H16N4O4. The number of aromatic nitrogens is 3. The standard InChI is InChI=1S/C19H16N4O4/c1-23-15-8-6-11(10-16(15)27-19(23)26)20-17(24)9-7-14-18(25)22-13-5-3-2-4-12(13)21-14/h2-6,8,10H,7,9H2,1H3,(H,20,24)(H,22,25). The zero-order chi connectivity index (χ0) is 19.0. The fraction of sp³-hybridized carbons (Fsp3) is 0.158. The molecule has 8 heteroatoms. The monoisotopic (exact) mass is 364 g/mol. The lowest BCUT2D eigenvalue weighted by atomic mass is 10.2. The van der Waals surface area contributed by atoms with Crippen molar-refractivity contribution in [2.75, 3.05) is 5.32 Å². The Morgan fingerprint density at radius 2 is 2.04 bits per heavy atom. The van der Waals surface area contributed by atoms with Gasteiger partial charge in [0, 0.05) is 31.6 Å². The summed E-state index contributed by atoms with van der Waals surface area (Å²) in [6.45, 7) is 0. The zero-order valence-electron chi connectivity index (χ0n) is 14.5. The highest BCUT2D eigenvalue weighted by molar-refractivity contribution is 5.92. The number of aryl methyl sites for hydroxylation is 2. The summed E-state index contributed by atoms with van der Waals surface area (Å²) in [6, 6.07) is 12.2. The van der Waals surface area contributed by atoms with E-state index in [1.807, 2.05) is 12.1 Å². The molecule has 1 amide bonds. The molecule has 0 saturated heterocycles. The fourth-order valence-electron chi connectivity index (χ4n) is 2.90. The molecule has 4 aromatic rings. The predicted octanol–water partition coefficient (Wildman–Crippen LogP) is 1.94. The minimum Gasteiger partial charge on any atom is -0.408 e. The Bertz CT molecular complexity index is 1280. The normalized spacial score (nSPS) is 11.1. The van der Waals surface area contributed by atoms with Gasteiger partial charge in [-0.2, -0.15) is 0 Å². The van der Waals surface area contributed by atoms with E-state index in [2.05, 4.69) is 15.3 Å². The third-order valence-corrected chi connectivity index (χ3v) is 4.33. The quantitative estimate of drug-likeness (QED) is 0.575. The Labute approximate surface area is 152 Å². The van der Waals surface area contributed by atoms with Crippen LogP contribution in [0.2, 0.25) is 0 Å². The first-order valence-corrected chi connectivity index (χ1v) is 8.38. The maximum Gasteiger partial charge on any atom is 0.419 e. The van der Waals surface area contributed by atoms with Crippen LogP contribution < -0.4 is 16.6 Å². The smallest absolute Gasteiger partial charge is 0.408 e. The fourth-order valence-corrected chi connectivity index (χ4v) is 2.90. The Morgan fingerprint density at radius 3 is 2.89 bits per heavy atom. The Hall–Kier alpha value is -3.68. The van der Waals surface area contributed by atoms with Crippen LogP contribution in [0.4, 0.5) is 5.69 Å². The second-order valence-corrected chi connectivity index (χ2v) is 6.19. The molecule has 4 rings (SSSR count). The van der Waals surface area contributed by atoms with Gasteiger partial charge >= 0.3 is 5.76 Å².